The van der Waals surface area contributed by atoms with Crippen LogP contribution in [0, 0.1) is 0 Å². The lowest BCUT2D eigenvalue weighted by molar-refractivity contribution is 0.413. The smallest absolute Gasteiger partial charge is 0.293 e. The quantitative estimate of drug-likeness (QED) is 0.234. The van der Waals surface area contributed by atoms with Crippen LogP contribution in [-0.4, -0.2) is 64.5 Å². The highest BCUT2D eigenvalue weighted by molar-refractivity contribution is 7.92. The molecule has 0 unspecified atom stereocenters. The molecule has 0 saturated carbocycles. The van der Waals surface area contributed by atoms with Crippen molar-refractivity contribution in [3.63, 3.8) is 0 Å². The van der Waals surface area contributed by atoms with Crippen molar-refractivity contribution in [1.29, 1.82) is 0 Å². The molecule has 0 bridgehead atoms. The Bertz CT molecular complexity index is 1530. The summed E-state index contributed by atoms with van der Waals surface area (Å²) in [5.74, 6) is 0.741. The third kappa shape index (κ3) is 6.47. The lowest BCUT2D eigenvalue weighted by Crippen LogP contribution is -2.38. The van der Waals surface area contributed by atoms with E-state index in [1.807, 2.05) is 70.5 Å². The van der Waals surface area contributed by atoms with Gasteiger partial charge in [0.25, 0.3) is 20.0 Å². The van der Waals surface area contributed by atoms with Crippen LogP contribution in [0.1, 0.15) is 17.5 Å². The maximum atomic E-state index is 13.1. The molecule has 2 aromatic carbocycles. The molecule has 1 aliphatic heterocycles. The second-order valence-corrected chi connectivity index (χ2v) is 14.3. The first-order valence-corrected chi connectivity index (χ1v) is 16.9. The normalized spacial score (nSPS) is 15.8. The first-order chi connectivity index (χ1) is 18.8. The molecule has 5 rings (SSSR count). The molecule has 0 atom stereocenters. The minimum atomic E-state index is -3.90. The Morgan fingerprint density at radius 1 is 0.564 bits per heavy atom. The fourth-order valence-corrected chi connectivity index (χ4v) is 8.24. The second-order valence-electron chi connectivity index (χ2n) is 8.70. The molecule has 202 valence electrons. The molecule has 1 fully saturated rings. The van der Waals surface area contributed by atoms with Gasteiger partial charge in [0, 0.05) is 37.3 Å². The molecular weight excluding hydrogens is 573 g/mol. The van der Waals surface area contributed by atoms with Crippen LogP contribution in [0.25, 0.3) is 0 Å². The number of benzene rings is 2. The largest absolute Gasteiger partial charge is 0.354 e. The summed E-state index contributed by atoms with van der Waals surface area (Å²) in [6.07, 6.45) is 0.649. The van der Waals surface area contributed by atoms with E-state index in [0.717, 1.165) is 22.7 Å². The molecule has 12 heteroatoms. The highest BCUT2D eigenvalue weighted by atomic mass is 32.3. The number of sulfonamides is 2. The van der Waals surface area contributed by atoms with Crippen LogP contribution in [0.15, 0.2) is 113 Å². The van der Waals surface area contributed by atoms with Gasteiger partial charge in [-0.2, -0.15) is 16.8 Å². The molecule has 1 aliphatic rings. The Hall–Kier alpha value is -3.32. The minimum absolute atomic E-state index is 0.185. The summed E-state index contributed by atoms with van der Waals surface area (Å²) in [5.41, 5.74) is 1.40. The van der Waals surface area contributed by atoms with E-state index >= 15 is 0 Å². The van der Waals surface area contributed by atoms with Gasteiger partial charge < -0.3 is 9.80 Å². The van der Waals surface area contributed by atoms with Gasteiger partial charge in [-0.05, 0) is 29.3 Å². The number of nitrogens with zero attached hydrogens (tertiary/aromatic N) is 4. The highest BCUT2D eigenvalue weighted by Gasteiger charge is 2.26. The Kier molecular flexibility index (Phi) is 8.26. The summed E-state index contributed by atoms with van der Waals surface area (Å²) in [7, 11) is -7.80. The zero-order valence-electron chi connectivity index (χ0n) is 20.8. The number of thiophene rings is 2. The number of hydrogen-bond donors (Lipinski definition) is 0. The SMILES string of the molecule is O=S(=O)(/N=C(\c1ccccc1)N1CCCN(/C(=N/S(=O)(=O)c2cccs2)c2ccccc2)CC1)c1cccs1. The van der Waals surface area contributed by atoms with E-state index in [1.54, 1.807) is 35.0 Å². The second kappa shape index (κ2) is 11.8. The van der Waals surface area contributed by atoms with E-state index in [-0.39, 0.29) is 8.42 Å². The lowest BCUT2D eigenvalue weighted by atomic mass is 10.2. The van der Waals surface area contributed by atoms with Crippen LogP contribution < -0.4 is 0 Å². The summed E-state index contributed by atoms with van der Waals surface area (Å²) in [5, 5.41) is 3.42. The van der Waals surface area contributed by atoms with Crippen LogP contribution >= 0.6 is 22.7 Å². The van der Waals surface area contributed by atoms with Gasteiger partial charge in [0.15, 0.2) is 0 Å². The zero-order chi connectivity index (χ0) is 27.3. The predicted octanol–water partition coefficient (Wildman–Crippen LogP) is 4.79. The first-order valence-electron chi connectivity index (χ1n) is 12.2. The fraction of sp³-hybridized carbons (Fsp3) is 0.185. The maximum Gasteiger partial charge on any atom is 0.293 e. The molecule has 4 aromatic rings. The number of hydrogen-bond acceptors (Lipinski definition) is 6. The molecule has 0 radical (unpaired) electrons. The average molecular weight is 599 g/mol. The molecule has 39 heavy (non-hydrogen) atoms. The molecule has 3 heterocycles. The van der Waals surface area contributed by atoms with Crippen molar-refractivity contribution in [2.45, 2.75) is 14.8 Å². The maximum absolute atomic E-state index is 13.1. The first kappa shape index (κ1) is 27.3. The van der Waals surface area contributed by atoms with Crippen molar-refractivity contribution in [3.8, 4) is 0 Å². The average Bonchev–Trinajstić information content (AvgIpc) is 3.65. The molecule has 0 aliphatic carbocycles. The van der Waals surface area contributed by atoms with E-state index in [4.69, 9.17) is 0 Å². The summed E-state index contributed by atoms with van der Waals surface area (Å²) in [4.78, 5) is 3.91. The van der Waals surface area contributed by atoms with Crippen molar-refractivity contribution in [2.75, 3.05) is 26.2 Å². The highest BCUT2D eigenvalue weighted by Crippen LogP contribution is 2.23. The van der Waals surface area contributed by atoms with Gasteiger partial charge in [0.05, 0.1) is 0 Å². The fourth-order valence-electron chi connectivity index (χ4n) is 4.24. The van der Waals surface area contributed by atoms with Gasteiger partial charge >= 0.3 is 0 Å². The minimum Gasteiger partial charge on any atom is -0.354 e. The van der Waals surface area contributed by atoms with Gasteiger partial charge in [-0.25, -0.2) is 0 Å². The van der Waals surface area contributed by atoms with E-state index in [1.165, 1.54) is 0 Å². The van der Waals surface area contributed by atoms with Crippen LogP contribution in [0.2, 0.25) is 0 Å². The standard InChI is InChI=1S/C27H26N4O4S4/c32-38(33,24-14-7-20-36-24)28-26(22-10-3-1-4-11-22)30-16-9-17-31(19-18-30)27(23-12-5-2-6-13-23)29-39(34,35)25-15-8-21-37-25/h1-8,10-15,20-21H,9,16-19H2/b28-26+,29-27+. The Balaban J connectivity index is 1.49. The van der Waals surface area contributed by atoms with Crippen LogP contribution in [0.4, 0.5) is 0 Å². The van der Waals surface area contributed by atoms with Gasteiger partial charge in [-0.15, -0.1) is 31.5 Å². The Morgan fingerprint density at radius 3 is 1.33 bits per heavy atom. The molecule has 0 amide bonds. The van der Waals surface area contributed by atoms with Crippen LogP contribution in [0.5, 0.6) is 0 Å². The summed E-state index contributed by atoms with van der Waals surface area (Å²) in [6, 6.07) is 25.0. The van der Waals surface area contributed by atoms with E-state index in [0.29, 0.717) is 55.4 Å². The van der Waals surface area contributed by atoms with Crippen molar-refractivity contribution in [2.24, 2.45) is 8.80 Å². The molecule has 0 N–H and O–H groups in total. The topological polar surface area (TPSA) is 99.5 Å². The van der Waals surface area contributed by atoms with E-state index in [9.17, 15) is 16.8 Å². The third-order valence-corrected chi connectivity index (χ3v) is 11.4. The van der Waals surface area contributed by atoms with Crippen LogP contribution in [-0.2, 0) is 20.0 Å². The zero-order valence-corrected chi connectivity index (χ0v) is 24.1. The van der Waals surface area contributed by atoms with Crippen molar-refractivity contribution in [3.05, 3.63) is 107 Å². The summed E-state index contributed by atoms with van der Waals surface area (Å²) in [6.45, 7) is 1.95. The van der Waals surface area contributed by atoms with Crippen LogP contribution in [0.3, 0.4) is 0 Å². The van der Waals surface area contributed by atoms with Crippen molar-refractivity contribution < 1.29 is 16.8 Å². The summed E-state index contributed by atoms with van der Waals surface area (Å²) >= 11 is 2.26. The Morgan fingerprint density at radius 2 is 0.974 bits per heavy atom. The molecule has 1 saturated heterocycles. The van der Waals surface area contributed by atoms with Gasteiger partial charge in [0.1, 0.15) is 20.1 Å². The van der Waals surface area contributed by atoms with E-state index < -0.39 is 20.0 Å². The molecule has 0 spiro atoms. The van der Waals surface area contributed by atoms with E-state index in [2.05, 4.69) is 8.80 Å². The summed E-state index contributed by atoms with van der Waals surface area (Å²) < 4.78 is 61.5. The predicted molar refractivity (Wildman–Crippen MR) is 157 cm³/mol. The van der Waals surface area contributed by atoms with Gasteiger partial charge in [-0.1, -0.05) is 72.8 Å². The molecule has 8 nitrogen and oxygen atoms in total. The van der Waals surface area contributed by atoms with Crippen molar-refractivity contribution in [1.82, 2.24) is 9.80 Å². The lowest BCUT2D eigenvalue weighted by Gasteiger charge is -2.26. The van der Waals surface area contributed by atoms with Gasteiger partial charge in [0.2, 0.25) is 0 Å². The van der Waals surface area contributed by atoms with Crippen molar-refractivity contribution >= 4 is 54.4 Å². The molecule has 2 aromatic heterocycles. The monoisotopic (exact) mass is 598 g/mol. The third-order valence-electron chi connectivity index (χ3n) is 6.07. The van der Waals surface area contributed by atoms with Gasteiger partial charge in [-0.3, -0.25) is 0 Å². The number of amidine groups is 2. The Labute approximate surface area is 236 Å². The number of rotatable bonds is 6. The molecular formula is C27H26N4O4S4.